The number of alkyl halides is 2. The second-order valence-corrected chi connectivity index (χ2v) is 5.91. The van der Waals surface area contributed by atoms with Crippen molar-refractivity contribution in [1.29, 1.82) is 0 Å². The highest BCUT2D eigenvalue weighted by atomic mass is 19.3. The minimum atomic E-state index is -2.50. The predicted octanol–water partition coefficient (Wildman–Crippen LogP) is 2.39. The van der Waals surface area contributed by atoms with Crippen LogP contribution < -0.4 is 5.32 Å². The van der Waals surface area contributed by atoms with Crippen LogP contribution in [0.3, 0.4) is 0 Å². The molecule has 1 aliphatic carbocycles. The van der Waals surface area contributed by atoms with Crippen LogP contribution in [-0.2, 0) is 6.54 Å². The molecule has 2 fully saturated rings. The van der Waals surface area contributed by atoms with Gasteiger partial charge in [-0.15, -0.1) is 0 Å². The lowest BCUT2D eigenvalue weighted by Crippen LogP contribution is -2.61. The van der Waals surface area contributed by atoms with E-state index >= 15 is 0 Å². The molecular formula is C14H22F2N4. The van der Waals surface area contributed by atoms with Gasteiger partial charge in [-0.05, 0) is 12.8 Å². The fourth-order valence-corrected chi connectivity index (χ4v) is 3.65. The van der Waals surface area contributed by atoms with E-state index in [4.69, 9.17) is 0 Å². The Morgan fingerprint density at radius 2 is 2.10 bits per heavy atom. The van der Waals surface area contributed by atoms with Crippen LogP contribution in [0.25, 0.3) is 0 Å². The van der Waals surface area contributed by atoms with Crippen molar-refractivity contribution in [3.05, 3.63) is 18.2 Å². The predicted molar refractivity (Wildman–Crippen MR) is 72.6 cm³/mol. The molecule has 1 aromatic heterocycles. The van der Waals surface area contributed by atoms with Crippen LogP contribution in [0.15, 0.2) is 12.4 Å². The van der Waals surface area contributed by atoms with E-state index in [1.54, 1.807) is 0 Å². The van der Waals surface area contributed by atoms with Gasteiger partial charge >= 0.3 is 6.55 Å². The van der Waals surface area contributed by atoms with E-state index < -0.39 is 6.55 Å². The number of hydrogen-bond acceptors (Lipinski definition) is 3. The highest BCUT2D eigenvalue weighted by Gasteiger charge is 2.40. The van der Waals surface area contributed by atoms with Crippen LogP contribution in [0.2, 0.25) is 0 Å². The molecule has 1 N–H and O–H groups in total. The number of rotatable bonds is 3. The molecule has 1 saturated heterocycles. The summed E-state index contributed by atoms with van der Waals surface area (Å²) in [5.41, 5.74) is 0.148. The van der Waals surface area contributed by atoms with Crippen LogP contribution >= 0.6 is 0 Å². The number of piperazine rings is 1. The Balaban J connectivity index is 1.78. The van der Waals surface area contributed by atoms with Gasteiger partial charge in [0.15, 0.2) is 0 Å². The van der Waals surface area contributed by atoms with Crippen molar-refractivity contribution in [1.82, 2.24) is 19.8 Å². The second-order valence-electron chi connectivity index (χ2n) is 5.91. The number of aromatic nitrogens is 2. The molecule has 2 heterocycles. The van der Waals surface area contributed by atoms with E-state index in [-0.39, 0.29) is 5.54 Å². The largest absolute Gasteiger partial charge is 0.319 e. The van der Waals surface area contributed by atoms with Gasteiger partial charge in [0.1, 0.15) is 5.82 Å². The summed E-state index contributed by atoms with van der Waals surface area (Å²) < 4.78 is 26.9. The van der Waals surface area contributed by atoms with Crippen molar-refractivity contribution in [3.8, 4) is 0 Å². The summed E-state index contributed by atoms with van der Waals surface area (Å²) in [5, 5.41) is 3.48. The zero-order valence-corrected chi connectivity index (χ0v) is 11.7. The van der Waals surface area contributed by atoms with Crippen LogP contribution in [0, 0.1) is 0 Å². The highest BCUT2D eigenvalue weighted by Crippen LogP contribution is 2.35. The van der Waals surface area contributed by atoms with Gasteiger partial charge in [-0.3, -0.25) is 9.47 Å². The molecule has 0 bridgehead atoms. The maximum absolute atomic E-state index is 12.9. The van der Waals surface area contributed by atoms with Crippen LogP contribution in [-0.4, -0.2) is 39.6 Å². The molecular weight excluding hydrogens is 262 g/mol. The highest BCUT2D eigenvalue weighted by molar-refractivity contribution is 5.01. The van der Waals surface area contributed by atoms with E-state index in [1.807, 2.05) is 0 Å². The zero-order chi connectivity index (χ0) is 14.0. The first-order valence-corrected chi connectivity index (χ1v) is 7.47. The topological polar surface area (TPSA) is 33.1 Å². The Labute approximate surface area is 118 Å². The first kappa shape index (κ1) is 13.9. The summed E-state index contributed by atoms with van der Waals surface area (Å²) in [6, 6.07) is 0. The molecule has 2 aliphatic rings. The van der Waals surface area contributed by atoms with Gasteiger partial charge in [-0.2, -0.15) is 8.78 Å². The van der Waals surface area contributed by atoms with Gasteiger partial charge in [-0.25, -0.2) is 4.98 Å². The summed E-state index contributed by atoms with van der Waals surface area (Å²) in [7, 11) is 0. The Hall–Kier alpha value is -1.01. The molecule has 0 amide bonds. The molecule has 1 aromatic rings. The summed E-state index contributed by atoms with van der Waals surface area (Å²) >= 11 is 0. The molecule has 1 aliphatic heterocycles. The fraction of sp³-hybridized carbons (Fsp3) is 0.786. The summed E-state index contributed by atoms with van der Waals surface area (Å²) in [4.78, 5) is 6.51. The van der Waals surface area contributed by atoms with E-state index in [9.17, 15) is 8.78 Å². The van der Waals surface area contributed by atoms with Gasteiger partial charge in [0, 0.05) is 37.6 Å². The number of halogens is 2. The summed E-state index contributed by atoms with van der Waals surface area (Å²) in [6.07, 6.45) is 8.93. The minimum Gasteiger partial charge on any atom is -0.314 e. The zero-order valence-electron chi connectivity index (χ0n) is 11.7. The van der Waals surface area contributed by atoms with Gasteiger partial charge in [-0.1, -0.05) is 19.3 Å². The number of hydrogen-bond donors (Lipinski definition) is 1. The van der Waals surface area contributed by atoms with Crippen molar-refractivity contribution in [2.75, 3.05) is 19.6 Å². The van der Waals surface area contributed by atoms with Gasteiger partial charge in [0.2, 0.25) is 0 Å². The van der Waals surface area contributed by atoms with Crippen molar-refractivity contribution in [2.45, 2.75) is 50.7 Å². The van der Waals surface area contributed by atoms with Crippen molar-refractivity contribution in [3.63, 3.8) is 0 Å². The SMILES string of the molecule is FC(F)n1ccnc1CN1CCNCC12CCCCC2. The number of imidazole rings is 1. The Bertz CT molecular complexity index is 432. The molecule has 1 spiro atoms. The lowest BCUT2D eigenvalue weighted by molar-refractivity contribution is 0.0114. The van der Waals surface area contributed by atoms with E-state index in [2.05, 4.69) is 15.2 Å². The fourth-order valence-electron chi connectivity index (χ4n) is 3.65. The molecule has 0 aromatic carbocycles. The van der Waals surface area contributed by atoms with Crippen LogP contribution in [0.5, 0.6) is 0 Å². The third-order valence-corrected chi connectivity index (χ3v) is 4.76. The maximum atomic E-state index is 12.9. The molecule has 0 unspecified atom stereocenters. The molecule has 1 saturated carbocycles. The number of nitrogens with one attached hydrogen (secondary N) is 1. The minimum absolute atomic E-state index is 0.148. The third kappa shape index (κ3) is 2.59. The van der Waals surface area contributed by atoms with Crippen LogP contribution in [0.1, 0.15) is 44.5 Å². The molecule has 4 nitrogen and oxygen atoms in total. The first-order chi connectivity index (χ1) is 9.71. The van der Waals surface area contributed by atoms with Gasteiger partial charge < -0.3 is 5.32 Å². The quantitative estimate of drug-likeness (QED) is 0.925. The van der Waals surface area contributed by atoms with Crippen LogP contribution in [0.4, 0.5) is 8.78 Å². The van der Waals surface area contributed by atoms with Crippen molar-refractivity contribution >= 4 is 0 Å². The van der Waals surface area contributed by atoms with E-state index in [0.29, 0.717) is 12.4 Å². The lowest BCUT2D eigenvalue weighted by atomic mass is 9.79. The second kappa shape index (κ2) is 5.77. The molecule has 0 atom stereocenters. The van der Waals surface area contributed by atoms with Gasteiger partial charge in [0.05, 0.1) is 6.54 Å². The van der Waals surface area contributed by atoms with E-state index in [0.717, 1.165) is 37.0 Å². The standard InChI is InChI=1S/C14H22F2N4/c15-13(16)20-9-7-18-12(20)10-19-8-6-17-11-14(19)4-2-1-3-5-14/h7,9,13,17H,1-6,8,10-11H2. The molecule has 112 valence electrons. The molecule has 3 rings (SSSR count). The Morgan fingerprint density at radius 1 is 1.30 bits per heavy atom. The van der Waals surface area contributed by atoms with Crippen molar-refractivity contribution in [2.24, 2.45) is 0 Å². The third-order valence-electron chi connectivity index (χ3n) is 4.76. The van der Waals surface area contributed by atoms with Gasteiger partial charge in [0.25, 0.3) is 0 Å². The molecule has 0 radical (unpaired) electrons. The first-order valence-electron chi connectivity index (χ1n) is 7.47. The lowest BCUT2D eigenvalue weighted by Gasteiger charge is -2.49. The van der Waals surface area contributed by atoms with Crippen molar-refractivity contribution < 1.29 is 8.78 Å². The molecule has 6 heteroatoms. The normalized spacial score (nSPS) is 23.6. The smallest absolute Gasteiger partial charge is 0.314 e. The monoisotopic (exact) mass is 284 g/mol. The summed E-state index contributed by atoms with van der Waals surface area (Å²) in [5.74, 6) is 0.479. The Morgan fingerprint density at radius 3 is 2.85 bits per heavy atom. The summed E-state index contributed by atoms with van der Waals surface area (Å²) in [6.45, 7) is 0.840. The molecule has 20 heavy (non-hydrogen) atoms. The maximum Gasteiger partial charge on any atom is 0.319 e. The van der Waals surface area contributed by atoms with E-state index in [1.165, 1.54) is 31.7 Å². The average molecular weight is 284 g/mol. The number of nitrogens with zero attached hydrogens (tertiary/aromatic N) is 3. The average Bonchev–Trinajstić information content (AvgIpc) is 2.91. The Kier molecular flexibility index (Phi) is 4.03.